The smallest absolute Gasteiger partial charge is 0.337 e. The zero-order chi connectivity index (χ0) is 13.8. The van der Waals surface area contributed by atoms with Gasteiger partial charge in [0.15, 0.2) is 0 Å². The van der Waals surface area contributed by atoms with E-state index in [0.717, 1.165) is 12.1 Å². The van der Waals surface area contributed by atoms with E-state index in [1.54, 1.807) is 16.8 Å². The summed E-state index contributed by atoms with van der Waals surface area (Å²) in [6, 6.07) is 6.74. The van der Waals surface area contributed by atoms with Crippen LogP contribution in [-0.4, -0.2) is 27.4 Å². The number of nitrogens with one attached hydrogen (secondary N) is 1. The Morgan fingerprint density at radius 1 is 1.47 bits per heavy atom. The van der Waals surface area contributed by atoms with E-state index >= 15 is 0 Å². The summed E-state index contributed by atoms with van der Waals surface area (Å²) in [5.74, 6) is -0.993. The molecule has 1 heterocycles. The van der Waals surface area contributed by atoms with Crippen LogP contribution >= 0.6 is 0 Å². The Hall–Kier alpha value is -2.50. The lowest BCUT2D eigenvalue weighted by Gasteiger charge is -2.09. The number of nitrogen functional groups attached to an aromatic ring is 1. The number of hydrogen-bond acceptors (Lipinski definition) is 4. The van der Waals surface area contributed by atoms with Gasteiger partial charge in [-0.25, -0.2) is 4.79 Å². The van der Waals surface area contributed by atoms with Crippen molar-refractivity contribution in [2.24, 2.45) is 7.05 Å². The van der Waals surface area contributed by atoms with Gasteiger partial charge in [-0.05, 0) is 24.3 Å². The lowest BCUT2D eigenvalue weighted by Crippen LogP contribution is -2.10. The van der Waals surface area contributed by atoms with Gasteiger partial charge >= 0.3 is 5.97 Å². The van der Waals surface area contributed by atoms with Gasteiger partial charge in [-0.15, -0.1) is 0 Å². The van der Waals surface area contributed by atoms with Gasteiger partial charge in [-0.1, -0.05) is 0 Å². The highest BCUT2D eigenvalue weighted by Gasteiger charge is 2.10. The minimum absolute atomic E-state index is 0.182. The molecule has 0 fully saturated rings. The molecule has 0 aliphatic heterocycles. The number of carboxylic acid groups (broad SMARTS) is 1. The summed E-state index contributed by atoms with van der Waals surface area (Å²) >= 11 is 0. The second kappa shape index (κ2) is 5.43. The van der Waals surface area contributed by atoms with Crippen molar-refractivity contribution in [1.29, 1.82) is 0 Å². The summed E-state index contributed by atoms with van der Waals surface area (Å²) in [4.78, 5) is 11.1. The number of rotatable bonds is 5. The zero-order valence-electron chi connectivity index (χ0n) is 10.6. The molecule has 19 heavy (non-hydrogen) atoms. The van der Waals surface area contributed by atoms with Gasteiger partial charge in [0.05, 0.1) is 11.3 Å². The highest BCUT2D eigenvalue weighted by molar-refractivity contribution is 5.95. The number of hydrogen-bond donors (Lipinski definition) is 3. The van der Waals surface area contributed by atoms with Crippen LogP contribution in [-0.2, 0) is 13.5 Å². The Kier molecular flexibility index (Phi) is 3.70. The number of carbonyl (C=O) groups is 1. The zero-order valence-corrected chi connectivity index (χ0v) is 10.6. The molecule has 0 amide bonds. The summed E-state index contributed by atoms with van der Waals surface area (Å²) in [6.45, 7) is 0.612. The standard InChI is InChI=1S/C13H16N4O2/c1-17-7-5-10(16-17)4-6-15-12-3-2-9(14)8-11(12)13(18)19/h2-3,5,7-8,15H,4,6,14H2,1H3,(H,18,19). The molecule has 0 atom stereocenters. The first-order valence-corrected chi connectivity index (χ1v) is 5.91. The molecule has 0 saturated heterocycles. The predicted octanol–water partition coefficient (Wildman–Crippen LogP) is 1.36. The van der Waals surface area contributed by atoms with Gasteiger partial charge in [0.25, 0.3) is 0 Å². The highest BCUT2D eigenvalue weighted by atomic mass is 16.4. The van der Waals surface area contributed by atoms with Crippen molar-refractivity contribution in [3.05, 3.63) is 41.7 Å². The average Bonchev–Trinajstić information content (AvgIpc) is 2.77. The summed E-state index contributed by atoms with van der Waals surface area (Å²) < 4.78 is 1.74. The van der Waals surface area contributed by atoms with Crippen LogP contribution in [0.4, 0.5) is 11.4 Å². The fourth-order valence-electron chi connectivity index (χ4n) is 1.81. The van der Waals surface area contributed by atoms with Crippen LogP contribution in [0.2, 0.25) is 0 Å². The van der Waals surface area contributed by atoms with Crippen LogP contribution in [0.5, 0.6) is 0 Å². The molecule has 1 aromatic carbocycles. The van der Waals surface area contributed by atoms with Crippen molar-refractivity contribution in [1.82, 2.24) is 9.78 Å². The van der Waals surface area contributed by atoms with Gasteiger partial charge in [-0.2, -0.15) is 5.10 Å². The van der Waals surface area contributed by atoms with E-state index in [-0.39, 0.29) is 5.56 Å². The minimum atomic E-state index is -0.993. The maximum absolute atomic E-state index is 11.1. The van der Waals surface area contributed by atoms with Crippen LogP contribution in [0, 0.1) is 0 Å². The first-order valence-electron chi connectivity index (χ1n) is 5.91. The number of carboxylic acids is 1. The molecule has 2 rings (SSSR count). The second-order valence-corrected chi connectivity index (χ2v) is 4.27. The van der Waals surface area contributed by atoms with E-state index in [4.69, 9.17) is 10.8 Å². The van der Waals surface area contributed by atoms with E-state index in [1.807, 2.05) is 19.3 Å². The quantitative estimate of drug-likeness (QED) is 0.706. The molecule has 4 N–H and O–H groups in total. The summed E-state index contributed by atoms with van der Waals surface area (Å²) in [5.41, 5.74) is 7.73. The Balaban J connectivity index is 2.01. The van der Waals surface area contributed by atoms with Crippen molar-refractivity contribution >= 4 is 17.3 Å². The summed E-state index contributed by atoms with van der Waals surface area (Å²) in [6.07, 6.45) is 2.60. The van der Waals surface area contributed by atoms with E-state index in [1.165, 1.54) is 6.07 Å². The third-order valence-corrected chi connectivity index (χ3v) is 2.74. The van der Waals surface area contributed by atoms with Crippen molar-refractivity contribution < 1.29 is 9.90 Å². The van der Waals surface area contributed by atoms with Gasteiger partial charge in [0.1, 0.15) is 0 Å². The summed E-state index contributed by atoms with van der Waals surface area (Å²) in [7, 11) is 1.86. The van der Waals surface area contributed by atoms with Gasteiger partial charge < -0.3 is 16.2 Å². The lowest BCUT2D eigenvalue weighted by atomic mass is 10.1. The Bertz CT molecular complexity index is 592. The van der Waals surface area contributed by atoms with Crippen molar-refractivity contribution in [3.63, 3.8) is 0 Å². The number of nitrogens with zero attached hydrogens (tertiary/aromatic N) is 2. The number of nitrogens with two attached hydrogens (primary N) is 1. The number of benzene rings is 1. The number of aromatic nitrogens is 2. The molecular weight excluding hydrogens is 244 g/mol. The largest absolute Gasteiger partial charge is 0.478 e. The van der Waals surface area contributed by atoms with Crippen LogP contribution < -0.4 is 11.1 Å². The minimum Gasteiger partial charge on any atom is -0.478 e. The van der Waals surface area contributed by atoms with E-state index in [9.17, 15) is 4.79 Å². The molecular formula is C13H16N4O2. The van der Waals surface area contributed by atoms with Crippen LogP contribution in [0.1, 0.15) is 16.1 Å². The van der Waals surface area contributed by atoms with Crippen LogP contribution in [0.3, 0.4) is 0 Å². The third kappa shape index (κ3) is 3.25. The predicted molar refractivity (Wildman–Crippen MR) is 73.2 cm³/mol. The molecule has 100 valence electrons. The van der Waals surface area contributed by atoms with Crippen molar-refractivity contribution in [3.8, 4) is 0 Å². The normalized spacial score (nSPS) is 10.4. The van der Waals surface area contributed by atoms with Gasteiger partial charge in [0.2, 0.25) is 0 Å². The molecule has 0 saturated carbocycles. The molecule has 6 heteroatoms. The Morgan fingerprint density at radius 2 is 2.26 bits per heavy atom. The second-order valence-electron chi connectivity index (χ2n) is 4.27. The topological polar surface area (TPSA) is 93.2 Å². The lowest BCUT2D eigenvalue weighted by molar-refractivity contribution is 0.0698. The molecule has 0 radical (unpaired) electrons. The van der Waals surface area contributed by atoms with Crippen LogP contribution in [0.15, 0.2) is 30.5 Å². The molecule has 0 unspecified atom stereocenters. The fourth-order valence-corrected chi connectivity index (χ4v) is 1.81. The molecule has 0 aliphatic carbocycles. The number of aryl methyl sites for hydroxylation is 1. The maximum atomic E-state index is 11.1. The maximum Gasteiger partial charge on any atom is 0.337 e. The van der Waals surface area contributed by atoms with Gasteiger partial charge in [-0.3, -0.25) is 4.68 Å². The molecule has 0 bridgehead atoms. The average molecular weight is 260 g/mol. The SMILES string of the molecule is Cn1ccc(CCNc2ccc(N)cc2C(=O)O)n1. The number of aromatic carboxylic acids is 1. The molecule has 0 aliphatic rings. The van der Waals surface area contributed by atoms with Crippen LogP contribution in [0.25, 0.3) is 0 Å². The van der Waals surface area contributed by atoms with Gasteiger partial charge in [0, 0.05) is 37.6 Å². The third-order valence-electron chi connectivity index (χ3n) is 2.74. The Morgan fingerprint density at radius 3 is 2.89 bits per heavy atom. The molecule has 0 spiro atoms. The van der Waals surface area contributed by atoms with E-state index in [0.29, 0.717) is 17.9 Å². The first-order chi connectivity index (χ1) is 9.06. The van der Waals surface area contributed by atoms with Crippen molar-refractivity contribution in [2.45, 2.75) is 6.42 Å². The fraction of sp³-hybridized carbons (Fsp3) is 0.231. The monoisotopic (exact) mass is 260 g/mol. The summed E-state index contributed by atoms with van der Waals surface area (Å²) in [5, 5.41) is 16.4. The molecule has 6 nitrogen and oxygen atoms in total. The molecule has 1 aromatic heterocycles. The number of anilines is 2. The Labute approximate surface area is 110 Å². The van der Waals surface area contributed by atoms with E-state index < -0.39 is 5.97 Å². The highest BCUT2D eigenvalue weighted by Crippen LogP contribution is 2.18. The van der Waals surface area contributed by atoms with E-state index in [2.05, 4.69) is 10.4 Å². The molecule has 2 aromatic rings. The van der Waals surface area contributed by atoms with Crippen molar-refractivity contribution in [2.75, 3.05) is 17.6 Å². The first kappa shape index (κ1) is 12.9.